The molecule has 1 heterocycles. The van der Waals surface area contributed by atoms with Gasteiger partial charge in [-0.2, -0.15) is 8.42 Å². The van der Waals surface area contributed by atoms with Crippen LogP contribution in [0.4, 0.5) is 0 Å². The Hall–Kier alpha value is -2.19. The van der Waals surface area contributed by atoms with Crippen molar-refractivity contribution < 1.29 is 17.9 Å². The highest BCUT2D eigenvalue weighted by molar-refractivity contribution is 7.88. The maximum absolute atomic E-state index is 12.2. The second-order valence-electron chi connectivity index (χ2n) is 5.07. The fourth-order valence-corrected chi connectivity index (χ4v) is 2.90. The van der Waals surface area contributed by atoms with Crippen LogP contribution in [0.3, 0.4) is 0 Å². The molecule has 7 nitrogen and oxygen atoms in total. The molecule has 2 rings (SSSR count). The van der Waals surface area contributed by atoms with Crippen molar-refractivity contribution in [3.63, 3.8) is 0 Å². The van der Waals surface area contributed by atoms with E-state index in [1.165, 1.54) is 20.2 Å². The normalized spacial score (nSPS) is 16.6. The van der Waals surface area contributed by atoms with Crippen molar-refractivity contribution in [3.8, 4) is 0 Å². The number of hydrogen-bond acceptors (Lipinski definition) is 4. The van der Waals surface area contributed by atoms with Gasteiger partial charge in [0, 0.05) is 26.3 Å². The molecule has 1 aromatic carbocycles. The zero-order valence-electron chi connectivity index (χ0n) is 13.2. The van der Waals surface area contributed by atoms with Crippen molar-refractivity contribution in [2.45, 2.75) is 6.92 Å². The zero-order valence-corrected chi connectivity index (χ0v) is 14.1. The first-order chi connectivity index (χ1) is 10.8. The number of rotatable bonds is 5. The van der Waals surface area contributed by atoms with Gasteiger partial charge in [-0.3, -0.25) is 4.79 Å². The Morgan fingerprint density at radius 3 is 2.57 bits per heavy atom. The maximum atomic E-state index is 12.2. The van der Waals surface area contributed by atoms with Crippen molar-refractivity contribution in [3.05, 3.63) is 47.2 Å². The smallest absolute Gasteiger partial charge is 0.345 e. The summed E-state index contributed by atoms with van der Waals surface area (Å²) in [4.78, 5) is 12.2. The van der Waals surface area contributed by atoms with Crippen molar-refractivity contribution in [1.82, 2.24) is 9.62 Å². The summed E-state index contributed by atoms with van der Waals surface area (Å²) in [5.74, 6) is -0.493. The Morgan fingerprint density at radius 2 is 1.96 bits per heavy atom. The zero-order chi connectivity index (χ0) is 17.0. The number of ether oxygens (including phenoxy) is 1. The van der Waals surface area contributed by atoms with Crippen molar-refractivity contribution in [1.29, 1.82) is 0 Å². The van der Waals surface area contributed by atoms with Crippen molar-refractivity contribution in [2.75, 3.05) is 27.3 Å². The summed E-state index contributed by atoms with van der Waals surface area (Å²) in [6, 6.07) is 7.25. The van der Waals surface area contributed by atoms with E-state index in [-0.39, 0.29) is 18.0 Å². The molecular formula is C15H19N3O4S. The van der Waals surface area contributed by atoms with Crippen LogP contribution in [0.1, 0.15) is 11.1 Å². The highest BCUT2D eigenvalue weighted by Gasteiger charge is 2.29. The standard InChI is InChI=1S/C15H19N3O4S/c1-11-4-6-12(7-5-11)13-10-14(15(19)16-8-9-22-3)18(2)23(20,21)17-13/h4-7,10H,8-9H2,1-3H3,(H,16,19). The molecule has 1 amide bonds. The summed E-state index contributed by atoms with van der Waals surface area (Å²) in [7, 11) is -1.12. The SMILES string of the molecule is COCCNC(=O)C1=CC(c2ccc(C)cc2)=NS(=O)(=O)N1C. The number of allylic oxidation sites excluding steroid dienone is 1. The summed E-state index contributed by atoms with van der Waals surface area (Å²) in [6.07, 6.45) is 1.47. The van der Waals surface area contributed by atoms with Crippen LogP contribution in [0, 0.1) is 6.92 Å². The van der Waals surface area contributed by atoms with Gasteiger partial charge in [-0.25, -0.2) is 4.31 Å². The highest BCUT2D eigenvalue weighted by atomic mass is 32.2. The monoisotopic (exact) mass is 337 g/mol. The van der Waals surface area contributed by atoms with Gasteiger partial charge in [0.05, 0.1) is 12.3 Å². The predicted molar refractivity (Wildman–Crippen MR) is 87.4 cm³/mol. The Bertz CT molecular complexity index is 751. The lowest BCUT2D eigenvalue weighted by atomic mass is 10.1. The molecule has 1 aliphatic rings. The summed E-state index contributed by atoms with van der Waals surface area (Å²) in [6.45, 7) is 2.56. The van der Waals surface area contributed by atoms with Crippen LogP contribution in [-0.4, -0.2) is 51.7 Å². The number of amides is 1. The molecule has 0 aromatic heterocycles. The lowest BCUT2D eigenvalue weighted by Crippen LogP contribution is -2.39. The average molecular weight is 337 g/mol. The molecule has 0 saturated heterocycles. The second-order valence-corrected chi connectivity index (χ2v) is 6.69. The molecule has 0 unspecified atom stereocenters. The average Bonchev–Trinajstić information content (AvgIpc) is 2.50. The van der Waals surface area contributed by atoms with Gasteiger partial charge in [0.1, 0.15) is 5.70 Å². The topological polar surface area (TPSA) is 88.1 Å². The molecule has 1 aromatic rings. The maximum Gasteiger partial charge on any atom is 0.345 e. The Kier molecular flexibility index (Phi) is 5.17. The van der Waals surface area contributed by atoms with E-state index in [4.69, 9.17) is 4.74 Å². The van der Waals surface area contributed by atoms with Gasteiger partial charge >= 0.3 is 10.2 Å². The third-order valence-corrected chi connectivity index (χ3v) is 4.66. The largest absolute Gasteiger partial charge is 0.383 e. The molecular weight excluding hydrogens is 318 g/mol. The van der Waals surface area contributed by atoms with E-state index in [1.807, 2.05) is 19.1 Å². The number of nitrogens with zero attached hydrogens (tertiary/aromatic N) is 2. The number of hydrogen-bond donors (Lipinski definition) is 1. The first-order valence-corrected chi connectivity index (χ1v) is 8.39. The van der Waals surface area contributed by atoms with Crippen LogP contribution in [0.5, 0.6) is 0 Å². The number of methoxy groups -OCH3 is 1. The van der Waals surface area contributed by atoms with Gasteiger partial charge in [-0.1, -0.05) is 29.8 Å². The third kappa shape index (κ3) is 3.96. The van der Waals surface area contributed by atoms with Crippen LogP contribution in [0.15, 0.2) is 40.4 Å². The van der Waals surface area contributed by atoms with Gasteiger partial charge in [0.15, 0.2) is 0 Å². The van der Waals surface area contributed by atoms with Crippen LogP contribution in [-0.2, 0) is 19.7 Å². The minimum absolute atomic E-state index is 0.0201. The number of aryl methyl sites for hydroxylation is 1. The summed E-state index contributed by atoms with van der Waals surface area (Å²) in [5, 5.41) is 2.61. The van der Waals surface area contributed by atoms with Crippen molar-refractivity contribution >= 4 is 21.8 Å². The molecule has 0 saturated carbocycles. The van der Waals surface area contributed by atoms with Crippen LogP contribution in [0.2, 0.25) is 0 Å². The quantitative estimate of drug-likeness (QED) is 0.798. The van der Waals surface area contributed by atoms with Gasteiger partial charge in [-0.15, -0.1) is 4.40 Å². The lowest BCUT2D eigenvalue weighted by molar-refractivity contribution is -0.118. The van der Waals surface area contributed by atoms with E-state index >= 15 is 0 Å². The van der Waals surface area contributed by atoms with Crippen LogP contribution >= 0.6 is 0 Å². The second kappa shape index (κ2) is 6.93. The van der Waals surface area contributed by atoms with Gasteiger partial charge in [-0.05, 0) is 13.0 Å². The fraction of sp³-hybridized carbons (Fsp3) is 0.333. The number of carbonyl (C=O) groups excluding carboxylic acids is 1. The molecule has 0 radical (unpaired) electrons. The van der Waals surface area contributed by atoms with E-state index < -0.39 is 16.1 Å². The predicted octanol–water partition coefficient (Wildman–Crippen LogP) is 0.621. The minimum Gasteiger partial charge on any atom is -0.383 e. The third-order valence-electron chi connectivity index (χ3n) is 3.34. The number of likely N-dealkylation sites (N-methyl/N-ethyl adjacent to an activating group) is 1. The lowest BCUT2D eigenvalue weighted by Gasteiger charge is -2.23. The molecule has 124 valence electrons. The fourth-order valence-electron chi connectivity index (χ4n) is 1.98. The number of nitrogens with one attached hydrogen (secondary N) is 1. The van der Waals surface area contributed by atoms with E-state index in [2.05, 4.69) is 9.71 Å². The van der Waals surface area contributed by atoms with E-state index in [1.54, 1.807) is 12.1 Å². The summed E-state index contributed by atoms with van der Waals surface area (Å²) < 4.78 is 33.8. The summed E-state index contributed by atoms with van der Waals surface area (Å²) >= 11 is 0. The van der Waals surface area contributed by atoms with Crippen molar-refractivity contribution in [2.24, 2.45) is 4.40 Å². The number of benzene rings is 1. The molecule has 0 spiro atoms. The molecule has 23 heavy (non-hydrogen) atoms. The number of carbonyl (C=O) groups is 1. The Morgan fingerprint density at radius 1 is 1.30 bits per heavy atom. The first kappa shape index (κ1) is 17.2. The molecule has 1 aliphatic heterocycles. The molecule has 0 bridgehead atoms. The minimum atomic E-state index is -3.93. The van der Waals surface area contributed by atoms with E-state index in [0.717, 1.165) is 9.87 Å². The van der Waals surface area contributed by atoms with Gasteiger partial charge < -0.3 is 10.1 Å². The van der Waals surface area contributed by atoms with E-state index in [9.17, 15) is 13.2 Å². The first-order valence-electron chi connectivity index (χ1n) is 7.00. The van der Waals surface area contributed by atoms with Crippen LogP contribution in [0.25, 0.3) is 0 Å². The van der Waals surface area contributed by atoms with Gasteiger partial charge in [0.2, 0.25) is 0 Å². The summed E-state index contributed by atoms with van der Waals surface area (Å²) in [5.41, 5.74) is 1.94. The molecule has 0 atom stereocenters. The Labute approximate surface area is 135 Å². The van der Waals surface area contributed by atoms with Gasteiger partial charge in [0.25, 0.3) is 5.91 Å². The van der Waals surface area contributed by atoms with Crippen LogP contribution < -0.4 is 5.32 Å². The molecule has 0 aliphatic carbocycles. The molecule has 1 N–H and O–H groups in total. The highest BCUT2D eigenvalue weighted by Crippen LogP contribution is 2.19. The van der Waals surface area contributed by atoms with E-state index in [0.29, 0.717) is 12.2 Å². The Balaban J connectivity index is 2.35. The molecule has 0 fully saturated rings. The molecule has 8 heteroatoms.